The summed E-state index contributed by atoms with van der Waals surface area (Å²) in [6.45, 7) is 2.23. The van der Waals surface area contributed by atoms with Crippen LogP contribution < -0.4 is 10.6 Å². The molecule has 0 aliphatic rings. The molecule has 1 aromatic carbocycles. The lowest BCUT2D eigenvalue weighted by atomic mass is 10.0. The zero-order valence-electron chi connectivity index (χ0n) is 18.2. The van der Waals surface area contributed by atoms with Crippen molar-refractivity contribution >= 4 is 23.4 Å². The zero-order valence-corrected chi connectivity index (χ0v) is 18.2. The summed E-state index contributed by atoms with van der Waals surface area (Å²) in [7, 11) is 2.73. The second kappa shape index (κ2) is 11.8. The Balaban J connectivity index is 2.09. The van der Waals surface area contributed by atoms with Crippen molar-refractivity contribution in [1.82, 2.24) is 15.2 Å². The summed E-state index contributed by atoms with van der Waals surface area (Å²) >= 11 is 0. The number of carbonyl (C=O) groups is 3. The van der Waals surface area contributed by atoms with Crippen LogP contribution in [-0.4, -0.2) is 65.9 Å². The fourth-order valence-corrected chi connectivity index (χ4v) is 3.15. The number of nitrogens with zero attached hydrogens (tertiary/aromatic N) is 2. The van der Waals surface area contributed by atoms with E-state index >= 15 is 0 Å². The third kappa shape index (κ3) is 6.36. The van der Waals surface area contributed by atoms with Gasteiger partial charge < -0.3 is 20.6 Å². The number of aliphatic hydroxyl groups excluding tert-OH is 1. The van der Waals surface area contributed by atoms with Crippen LogP contribution in [0.2, 0.25) is 0 Å². The summed E-state index contributed by atoms with van der Waals surface area (Å²) in [5.41, 5.74) is 2.12. The van der Waals surface area contributed by atoms with Gasteiger partial charge >= 0.3 is 0 Å². The highest BCUT2D eigenvalue weighted by Crippen LogP contribution is 2.21. The zero-order chi connectivity index (χ0) is 22.8. The van der Waals surface area contributed by atoms with Crippen LogP contribution in [0.1, 0.15) is 36.5 Å². The van der Waals surface area contributed by atoms with E-state index in [1.54, 1.807) is 30.5 Å². The first kappa shape index (κ1) is 24.0. The van der Waals surface area contributed by atoms with Crippen molar-refractivity contribution in [2.75, 3.05) is 32.6 Å². The molecule has 0 radical (unpaired) electrons. The predicted molar refractivity (Wildman–Crippen MR) is 120 cm³/mol. The molecule has 8 heteroatoms. The summed E-state index contributed by atoms with van der Waals surface area (Å²) < 4.78 is 0. The summed E-state index contributed by atoms with van der Waals surface area (Å²) in [4.78, 5) is 42.2. The van der Waals surface area contributed by atoms with Gasteiger partial charge in [0.2, 0.25) is 5.91 Å². The van der Waals surface area contributed by atoms with E-state index < -0.39 is 30.2 Å². The quantitative estimate of drug-likeness (QED) is 0.375. The molecule has 31 heavy (non-hydrogen) atoms. The third-order valence-electron chi connectivity index (χ3n) is 4.98. The maximum atomic E-state index is 12.8. The van der Waals surface area contributed by atoms with Crippen molar-refractivity contribution in [3.8, 4) is 11.1 Å². The Morgan fingerprint density at radius 2 is 1.74 bits per heavy atom. The minimum atomic E-state index is -1.39. The molecule has 166 valence electrons. The second-order valence-electron chi connectivity index (χ2n) is 7.20. The number of Topliss-reactive ketones (excluding diaryl/α,β-unsaturated/α-hetero) is 1. The smallest absolute Gasteiger partial charge is 0.254 e. The number of hydrogen-bond donors (Lipinski definition) is 3. The van der Waals surface area contributed by atoms with E-state index in [0.717, 1.165) is 34.8 Å². The number of hydrogen-bond acceptors (Lipinski definition) is 6. The highest BCUT2D eigenvalue weighted by molar-refractivity contribution is 6.10. The van der Waals surface area contributed by atoms with E-state index in [-0.39, 0.29) is 0 Å². The Morgan fingerprint density at radius 3 is 2.29 bits per heavy atom. The second-order valence-corrected chi connectivity index (χ2v) is 7.20. The monoisotopic (exact) mass is 426 g/mol. The summed E-state index contributed by atoms with van der Waals surface area (Å²) in [6, 6.07) is 9.33. The third-order valence-corrected chi connectivity index (χ3v) is 4.98. The van der Waals surface area contributed by atoms with Crippen LogP contribution >= 0.6 is 0 Å². The van der Waals surface area contributed by atoms with Gasteiger partial charge in [-0.05, 0) is 36.2 Å². The van der Waals surface area contributed by atoms with Crippen molar-refractivity contribution in [3.05, 3.63) is 48.2 Å². The number of nitrogens with one attached hydrogen (secondary N) is 2. The number of ketones is 1. The molecular formula is C23H30N4O4. The molecule has 0 bridgehead atoms. The summed E-state index contributed by atoms with van der Waals surface area (Å²) in [5.74, 6) is -1.07. The average molecular weight is 427 g/mol. The Morgan fingerprint density at radius 1 is 1.06 bits per heavy atom. The molecule has 2 aromatic rings. The van der Waals surface area contributed by atoms with Crippen LogP contribution in [0.25, 0.3) is 11.1 Å². The first-order chi connectivity index (χ1) is 14.9. The van der Waals surface area contributed by atoms with Crippen LogP contribution in [0.15, 0.2) is 42.6 Å². The van der Waals surface area contributed by atoms with Crippen molar-refractivity contribution < 1.29 is 19.5 Å². The fourth-order valence-electron chi connectivity index (χ4n) is 3.15. The minimum absolute atomic E-state index is 0.327. The Bertz CT molecular complexity index is 865. The molecule has 2 amide bonds. The van der Waals surface area contributed by atoms with Crippen molar-refractivity contribution in [3.63, 3.8) is 0 Å². The van der Waals surface area contributed by atoms with Crippen LogP contribution in [0.4, 0.5) is 5.82 Å². The van der Waals surface area contributed by atoms with Crippen LogP contribution in [0.5, 0.6) is 0 Å². The van der Waals surface area contributed by atoms with Crippen molar-refractivity contribution in [2.45, 2.75) is 32.2 Å². The number of carbonyl (C=O) groups excluding carboxylic acids is 3. The molecule has 1 atom stereocenters. The normalized spacial score (nSPS) is 11.5. The maximum Gasteiger partial charge on any atom is 0.254 e. The van der Waals surface area contributed by atoms with Crippen LogP contribution in [0.3, 0.4) is 0 Å². The lowest BCUT2D eigenvalue weighted by Crippen LogP contribution is -2.52. The van der Waals surface area contributed by atoms with Gasteiger partial charge in [-0.1, -0.05) is 31.9 Å². The number of aromatic nitrogens is 1. The molecule has 0 spiro atoms. The molecule has 2 rings (SSSR count). The molecule has 1 heterocycles. The number of rotatable bonds is 11. The fraction of sp³-hybridized carbons (Fsp3) is 0.391. The van der Waals surface area contributed by atoms with Gasteiger partial charge in [-0.15, -0.1) is 0 Å². The molecule has 0 saturated carbocycles. The topological polar surface area (TPSA) is 112 Å². The van der Waals surface area contributed by atoms with Gasteiger partial charge in [0.1, 0.15) is 12.4 Å². The maximum absolute atomic E-state index is 12.8. The Kier molecular flexibility index (Phi) is 9.14. The van der Waals surface area contributed by atoms with E-state index in [0.29, 0.717) is 5.56 Å². The van der Waals surface area contributed by atoms with Crippen LogP contribution in [-0.2, 0) is 9.59 Å². The van der Waals surface area contributed by atoms with E-state index in [2.05, 4.69) is 22.5 Å². The van der Waals surface area contributed by atoms with Crippen LogP contribution in [0, 0.1) is 0 Å². The first-order valence-corrected chi connectivity index (χ1v) is 10.4. The summed E-state index contributed by atoms with van der Waals surface area (Å²) in [6.07, 6.45) is 5.23. The Hall–Kier alpha value is -3.26. The molecule has 0 saturated heterocycles. The molecule has 1 aromatic heterocycles. The largest absolute Gasteiger partial charge is 0.388 e. The molecule has 0 aliphatic carbocycles. The molecule has 1 unspecified atom stereocenters. The predicted octanol–water partition coefficient (Wildman–Crippen LogP) is 2.10. The molecule has 8 nitrogen and oxygen atoms in total. The standard InChI is InChI=1S/C23H30N4O4/c1-4-5-6-13-25-20-12-11-18(14-26-20)16-7-9-17(10-8-16)23(31)27(3)21(19(29)15-28)22(30)24-2/h7-12,14,21,28H,4-6,13,15H2,1-3H3,(H,24,30)(H,25,26). The average Bonchev–Trinajstić information content (AvgIpc) is 2.81. The van der Waals surface area contributed by atoms with Crippen molar-refractivity contribution in [1.29, 1.82) is 0 Å². The number of likely N-dealkylation sites (N-methyl/N-ethyl adjacent to an activating group) is 2. The number of anilines is 1. The van der Waals surface area contributed by atoms with E-state index in [9.17, 15) is 14.4 Å². The van der Waals surface area contributed by atoms with Gasteiger partial charge in [0.05, 0.1) is 0 Å². The van der Waals surface area contributed by atoms with Gasteiger partial charge in [-0.3, -0.25) is 14.4 Å². The van der Waals surface area contributed by atoms with Gasteiger partial charge in [-0.2, -0.15) is 0 Å². The van der Waals surface area contributed by atoms with Gasteiger partial charge in [0.25, 0.3) is 5.91 Å². The summed E-state index contributed by atoms with van der Waals surface area (Å²) in [5, 5.41) is 14.8. The van der Waals surface area contributed by atoms with Gasteiger partial charge in [0, 0.05) is 38.0 Å². The lowest BCUT2D eigenvalue weighted by molar-refractivity contribution is -0.135. The first-order valence-electron chi connectivity index (χ1n) is 10.4. The van der Waals surface area contributed by atoms with Gasteiger partial charge in [0.15, 0.2) is 11.8 Å². The van der Waals surface area contributed by atoms with Gasteiger partial charge in [-0.25, -0.2) is 4.98 Å². The Labute approximate surface area is 182 Å². The lowest BCUT2D eigenvalue weighted by Gasteiger charge is -2.25. The number of unbranched alkanes of at least 4 members (excludes halogenated alkanes) is 2. The number of pyridine rings is 1. The number of benzene rings is 1. The molecule has 3 N–H and O–H groups in total. The van der Waals surface area contributed by atoms with E-state index in [1.807, 2.05) is 12.1 Å². The molecule has 0 fully saturated rings. The van der Waals surface area contributed by atoms with Crippen molar-refractivity contribution in [2.24, 2.45) is 0 Å². The highest BCUT2D eigenvalue weighted by Gasteiger charge is 2.32. The number of amides is 2. The SMILES string of the molecule is CCCCCNc1ccc(-c2ccc(C(=O)N(C)C(C(=O)CO)C(=O)NC)cc2)cn1. The van der Waals surface area contributed by atoms with E-state index in [1.165, 1.54) is 26.9 Å². The number of aliphatic hydroxyl groups is 1. The minimum Gasteiger partial charge on any atom is -0.388 e. The molecule has 0 aliphatic heterocycles. The highest BCUT2D eigenvalue weighted by atomic mass is 16.3. The van der Waals surface area contributed by atoms with E-state index in [4.69, 9.17) is 5.11 Å². The molecular weight excluding hydrogens is 396 g/mol.